The molecule has 0 saturated carbocycles. The van der Waals surface area contributed by atoms with E-state index in [-0.39, 0.29) is 24.8 Å². The molecule has 7 heteroatoms. The maximum absolute atomic E-state index is 13.2. The van der Waals surface area contributed by atoms with Crippen LogP contribution < -0.4 is 5.32 Å². The Morgan fingerprint density at radius 1 is 1.06 bits per heavy atom. The van der Waals surface area contributed by atoms with Crippen LogP contribution in [0.25, 0.3) is 0 Å². The molecule has 1 saturated heterocycles. The zero-order valence-corrected chi connectivity index (χ0v) is 18.2. The number of aryl methyl sites for hydroxylation is 2. The highest BCUT2D eigenvalue weighted by molar-refractivity contribution is 8.15. The molecule has 1 N–H and O–H groups in total. The highest BCUT2D eigenvalue weighted by atomic mass is 32.2. The molecule has 0 bridgehead atoms. The van der Waals surface area contributed by atoms with E-state index in [0.29, 0.717) is 10.9 Å². The molecule has 0 aliphatic carbocycles. The van der Waals surface area contributed by atoms with Gasteiger partial charge in [-0.2, -0.15) is 0 Å². The number of amidine groups is 1. The van der Waals surface area contributed by atoms with E-state index < -0.39 is 5.25 Å². The number of nitrogens with zero attached hydrogens (tertiary/aromatic N) is 2. The van der Waals surface area contributed by atoms with E-state index in [9.17, 15) is 9.59 Å². The number of anilines is 1. The Kier molecular flexibility index (Phi) is 6.23. The van der Waals surface area contributed by atoms with Crippen molar-refractivity contribution < 1.29 is 14.0 Å². The summed E-state index contributed by atoms with van der Waals surface area (Å²) >= 11 is 1.31. The van der Waals surface area contributed by atoms with Crippen LogP contribution in [0.1, 0.15) is 23.3 Å². The molecule has 3 aromatic rings. The molecule has 6 nitrogen and oxygen atoms in total. The van der Waals surface area contributed by atoms with Crippen LogP contribution in [0.3, 0.4) is 0 Å². The molecule has 31 heavy (non-hydrogen) atoms. The number of hydrogen-bond donors (Lipinski definition) is 1. The fourth-order valence-electron chi connectivity index (χ4n) is 3.41. The molecule has 0 radical (unpaired) electrons. The monoisotopic (exact) mass is 433 g/mol. The van der Waals surface area contributed by atoms with Gasteiger partial charge in [0, 0.05) is 12.1 Å². The first-order valence-corrected chi connectivity index (χ1v) is 10.9. The zero-order chi connectivity index (χ0) is 21.8. The summed E-state index contributed by atoms with van der Waals surface area (Å²) in [5.74, 6) is 0.324. The summed E-state index contributed by atoms with van der Waals surface area (Å²) in [6.07, 6.45) is 1.65. The molecule has 1 aliphatic heterocycles. The Bertz CT molecular complexity index is 1090. The number of furan rings is 1. The van der Waals surface area contributed by atoms with Crippen molar-refractivity contribution in [2.45, 2.75) is 32.1 Å². The predicted molar refractivity (Wildman–Crippen MR) is 123 cm³/mol. The van der Waals surface area contributed by atoms with Gasteiger partial charge in [-0.15, -0.1) is 0 Å². The summed E-state index contributed by atoms with van der Waals surface area (Å²) in [7, 11) is 0. The maximum Gasteiger partial charge on any atom is 0.243 e. The molecular formula is C24H23N3O3S. The van der Waals surface area contributed by atoms with Gasteiger partial charge >= 0.3 is 0 Å². The molecule has 1 atom stereocenters. The average molecular weight is 434 g/mol. The zero-order valence-electron chi connectivity index (χ0n) is 17.4. The first-order valence-electron chi connectivity index (χ1n) is 10.0. The van der Waals surface area contributed by atoms with Gasteiger partial charge in [-0.1, -0.05) is 48.2 Å². The van der Waals surface area contributed by atoms with E-state index in [0.717, 1.165) is 22.5 Å². The van der Waals surface area contributed by atoms with Crippen LogP contribution >= 0.6 is 11.8 Å². The number of para-hydroxylation sites is 2. The third-order valence-electron chi connectivity index (χ3n) is 5.01. The summed E-state index contributed by atoms with van der Waals surface area (Å²) in [6.45, 7) is 4.18. The number of carbonyl (C=O) groups excluding carboxylic acids is 2. The Hall–Kier alpha value is -3.32. The van der Waals surface area contributed by atoms with Crippen molar-refractivity contribution in [3.63, 3.8) is 0 Å². The number of benzene rings is 2. The third-order valence-corrected chi connectivity index (χ3v) is 6.19. The third kappa shape index (κ3) is 4.88. The second kappa shape index (κ2) is 9.22. The van der Waals surface area contributed by atoms with Crippen molar-refractivity contribution in [1.82, 2.24) is 4.90 Å². The van der Waals surface area contributed by atoms with Crippen LogP contribution in [0.15, 0.2) is 76.3 Å². The summed E-state index contributed by atoms with van der Waals surface area (Å²) < 4.78 is 5.43. The van der Waals surface area contributed by atoms with Gasteiger partial charge in [0.1, 0.15) is 11.0 Å². The van der Waals surface area contributed by atoms with Gasteiger partial charge in [0.05, 0.1) is 18.5 Å². The topological polar surface area (TPSA) is 74.9 Å². The minimum Gasteiger partial charge on any atom is -0.467 e. The smallest absolute Gasteiger partial charge is 0.243 e. The molecule has 1 fully saturated rings. The molecule has 2 amide bonds. The molecule has 2 heterocycles. The van der Waals surface area contributed by atoms with Gasteiger partial charge in [-0.05, 0) is 49.2 Å². The number of aliphatic imine (C=N–C) groups is 1. The lowest BCUT2D eigenvalue weighted by atomic mass is 10.1. The van der Waals surface area contributed by atoms with Crippen molar-refractivity contribution >= 4 is 40.1 Å². The van der Waals surface area contributed by atoms with E-state index in [2.05, 4.69) is 10.3 Å². The number of amides is 2. The normalized spacial score (nSPS) is 17.4. The Labute approximate surface area is 185 Å². The Balaban J connectivity index is 1.53. The van der Waals surface area contributed by atoms with Crippen LogP contribution in [0.5, 0.6) is 0 Å². The molecule has 4 rings (SSSR count). The summed E-state index contributed by atoms with van der Waals surface area (Å²) in [5.41, 5.74) is 3.53. The van der Waals surface area contributed by atoms with Crippen molar-refractivity contribution in [1.29, 1.82) is 0 Å². The Morgan fingerprint density at radius 2 is 1.81 bits per heavy atom. The highest BCUT2D eigenvalue weighted by Gasteiger charge is 2.39. The number of thioether (sulfide) groups is 1. The maximum atomic E-state index is 13.2. The quantitative estimate of drug-likeness (QED) is 0.590. The first-order chi connectivity index (χ1) is 15.0. The second-order valence-electron chi connectivity index (χ2n) is 7.36. The standard InChI is InChI=1S/C24H23N3O3S/c1-16-8-6-9-17(2)22(16)26-21(28)14-20-23(29)27(15-19-12-7-13-30-19)24(31-20)25-18-10-4-3-5-11-18/h3-13,20H,14-15H2,1-2H3,(H,26,28). The molecular weight excluding hydrogens is 410 g/mol. The van der Waals surface area contributed by atoms with Crippen LogP contribution in [0.4, 0.5) is 11.4 Å². The van der Waals surface area contributed by atoms with Crippen molar-refractivity contribution in [3.05, 3.63) is 83.8 Å². The van der Waals surface area contributed by atoms with E-state index in [1.54, 1.807) is 17.2 Å². The summed E-state index contributed by atoms with van der Waals surface area (Å²) in [5, 5.41) is 3.00. The van der Waals surface area contributed by atoms with Crippen LogP contribution in [0.2, 0.25) is 0 Å². The lowest BCUT2D eigenvalue weighted by molar-refractivity contribution is -0.128. The van der Waals surface area contributed by atoms with Gasteiger partial charge in [-0.3, -0.25) is 14.5 Å². The van der Waals surface area contributed by atoms with E-state index >= 15 is 0 Å². The fraction of sp³-hybridized carbons (Fsp3) is 0.208. The number of nitrogens with one attached hydrogen (secondary N) is 1. The predicted octanol–water partition coefficient (Wildman–Crippen LogP) is 5.06. The lowest BCUT2D eigenvalue weighted by Crippen LogP contribution is -2.33. The van der Waals surface area contributed by atoms with E-state index in [1.165, 1.54) is 11.8 Å². The average Bonchev–Trinajstić information content (AvgIpc) is 3.36. The van der Waals surface area contributed by atoms with Gasteiger partial charge < -0.3 is 9.73 Å². The Morgan fingerprint density at radius 3 is 2.48 bits per heavy atom. The van der Waals surface area contributed by atoms with Gasteiger partial charge in [0.2, 0.25) is 11.8 Å². The van der Waals surface area contributed by atoms with Gasteiger partial charge in [0.25, 0.3) is 0 Å². The van der Waals surface area contributed by atoms with Crippen molar-refractivity contribution in [2.24, 2.45) is 4.99 Å². The van der Waals surface area contributed by atoms with E-state index in [4.69, 9.17) is 4.42 Å². The fourth-order valence-corrected chi connectivity index (χ4v) is 4.57. The van der Waals surface area contributed by atoms with Crippen molar-refractivity contribution in [2.75, 3.05) is 5.32 Å². The van der Waals surface area contributed by atoms with Gasteiger partial charge in [0.15, 0.2) is 5.17 Å². The minimum atomic E-state index is -0.540. The van der Waals surface area contributed by atoms with Crippen molar-refractivity contribution in [3.8, 4) is 0 Å². The van der Waals surface area contributed by atoms with Crippen LogP contribution in [0, 0.1) is 13.8 Å². The molecule has 2 aromatic carbocycles. The summed E-state index contributed by atoms with van der Waals surface area (Å²) in [4.78, 5) is 32.2. The largest absolute Gasteiger partial charge is 0.467 e. The highest BCUT2D eigenvalue weighted by Crippen LogP contribution is 2.33. The molecule has 158 valence electrons. The molecule has 0 spiro atoms. The number of hydrogen-bond acceptors (Lipinski definition) is 5. The second-order valence-corrected chi connectivity index (χ2v) is 8.53. The van der Waals surface area contributed by atoms with E-state index in [1.807, 2.05) is 68.4 Å². The molecule has 1 unspecified atom stereocenters. The van der Waals surface area contributed by atoms with Gasteiger partial charge in [-0.25, -0.2) is 4.99 Å². The number of carbonyl (C=O) groups is 2. The van der Waals surface area contributed by atoms with Crippen LogP contribution in [-0.2, 0) is 16.1 Å². The SMILES string of the molecule is Cc1cccc(C)c1NC(=O)CC1SC(=Nc2ccccc2)N(Cc2ccco2)C1=O. The lowest BCUT2D eigenvalue weighted by Gasteiger charge is -2.15. The minimum absolute atomic E-state index is 0.0692. The van der Waals surface area contributed by atoms with Crippen LogP contribution in [-0.4, -0.2) is 27.1 Å². The molecule has 1 aromatic heterocycles. The molecule has 1 aliphatic rings. The number of rotatable bonds is 6. The first kappa shape index (κ1) is 20.9. The summed E-state index contributed by atoms with van der Waals surface area (Å²) in [6, 6.07) is 18.9.